The van der Waals surface area contributed by atoms with E-state index in [1.165, 1.54) is 5.94 Å². The molecule has 1 saturated heterocycles. The zero-order chi connectivity index (χ0) is 7.56. The molecule has 1 fully saturated rings. The third-order valence-corrected chi connectivity index (χ3v) is 1.40. The van der Waals surface area contributed by atoms with Crippen molar-refractivity contribution < 1.29 is 9.18 Å². The monoisotopic (exact) mass is 140 g/mol. The lowest BCUT2D eigenvalue weighted by atomic mass is 10.1. The predicted octanol–water partition coefficient (Wildman–Crippen LogP) is -0.422. The SMILES string of the molecule is N#CC1NCC(F)C1=C=O. The Balaban J connectivity index is 2.86. The van der Waals surface area contributed by atoms with Crippen LogP contribution in [0.5, 0.6) is 0 Å². The van der Waals surface area contributed by atoms with Crippen molar-refractivity contribution in [2.24, 2.45) is 0 Å². The summed E-state index contributed by atoms with van der Waals surface area (Å²) in [5, 5.41) is 10.8. The molecule has 52 valence electrons. The molecule has 2 atom stereocenters. The quantitative estimate of drug-likeness (QED) is 0.465. The lowest BCUT2D eigenvalue weighted by Gasteiger charge is -1.94. The molecule has 0 radical (unpaired) electrons. The van der Waals surface area contributed by atoms with Crippen LogP contribution < -0.4 is 5.32 Å². The van der Waals surface area contributed by atoms with E-state index >= 15 is 0 Å². The van der Waals surface area contributed by atoms with E-state index in [4.69, 9.17) is 5.26 Å². The first-order valence-corrected chi connectivity index (χ1v) is 2.81. The number of nitriles is 1. The molecule has 2 unspecified atom stereocenters. The molecule has 4 heteroatoms. The van der Waals surface area contributed by atoms with E-state index in [0.29, 0.717) is 0 Å². The Morgan fingerprint density at radius 1 is 1.80 bits per heavy atom. The van der Waals surface area contributed by atoms with E-state index in [0.717, 1.165) is 0 Å². The van der Waals surface area contributed by atoms with Crippen molar-refractivity contribution in [2.75, 3.05) is 6.54 Å². The molecular weight excluding hydrogens is 135 g/mol. The van der Waals surface area contributed by atoms with E-state index in [1.807, 2.05) is 0 Å². The molecule has 0 saturated carbocycles. The third kappa shape index (κ3) is 0.926. The lowest BCUT2D eigenvalue weighted by Crippen LogP contribution is -2.20. The Morgan fingerprint density at radius 3 is 2.90 bits per heavy atom. The summed E-state index contributed by atoms with van der Waals surface area (Å²) in [4.78, 5) is 9.99. The van der Waals surface area contributed by atoms with Gasteiger partial charge in [0.2, 0.25) is 0 Å². The Bertz CT molecular complexity index is 226. The van der Waals surface area contributed by atoms with Gasteiger partial charge in [-0.05, 0) is 0 Å². The molecule has 1 N–H and O–H groups in total. The maximum absolute atomic E-state index is 12.5. The number of carbonyl (C=O) groups excluding carboxylic acids is 1. The molecule has 0 amide bonds. The number of hydrogen-bond acceptors (Lipinski definition) is 3. The fourth-order valence-corrected chi connectivity index (χ4v) is 0.860. The number of hydrogen-bond donors (Lipinski definition) is 1. The minimum Gasteiger partial charge on any atom is -0.294 e. The summed E-state index contributed by atoms with van der Waals surface area (Å²) < 4.78 is 12.5. The Morgan fingerprint density at radius 2 is 2.50 bits per heavy atom. The summed E-state index contributed by atoms with van der Waals surface area (Å²) >= 11 is 0. The molecule has 0 aliphatic carbocycles. The first-order chi connectivity index (χ1) is 4.79. The van der Waals surface area contributed by atoms with Gasteiger partial charge in [-0.2, -0.15) is 5.26 Å². The Kier molecular flexibility index (Phi) is 1.81. The van der Waals surface area contributed by atoms with Gasteiger partial charge in [-0.1, -0.05) is 0 Å². The van der Waals surface area contributed by atoms with Gasteiger partial charge in [0.1, 0.15) is 18.2 Å². The maximum atomic E-state index is 12.5. The summed E-state index contributed by atoms with van der Waals surface area (Å²) in [6.07, 6.45) is -1.33. The van der Waals surface area contributed by atoms with Gasteiger partial charge < -0.3 is 0 Å². The zero-order valence-corrected chi connectivity index (χ0v) is 5.10. The second kappa shape index (κ2) is 2.61. The number of halogens is 1. The molecule has 0 aromatic rings. The van der Waals surface area contributed by atoms with Crippen LogP contribution in [0.4, 0.5) is 4.39 Å². The summed E-state index contributed by atoms with van der Waals surface area (Å²) in [5.41, 5.74) is -0.109. The van der Waals surface area contributed by atoms with Crippen LogP contribution in [0.1, 0.15) is 0 Å². The minimum absolute atomic E-state index is 0.0444. The van der Waals surface area contributed by atoms with Crippen LogP contribution >= 0.6 is 0 Å². The highest BCUT2D eigenvalue weighted by molar-refractivity contribution is 5.59. The van der Waals surface area contributed by atoms with Crippen LogP contribution in [0.15, 0.2) is 5.57 Å². The fourth-order valence-electron chi connectivity index (χ4n) is 0.860. The number of rotatable bonds is 0. The van der Waals surface area contributed by atoms with Gasteiger partial charge in [-0.15, -0.1) is 0 Å². The molecular formula is C6H5FN2O. The lowest BCUT2D eigenvalue weighted by molar-refractivity contribution is 0.406. The first-order valence-electron chi connectivity index (χ1n) is 2.81. The van der Waals surface area contributed by atoms with Gasteiger partial charge in [-0.25, -0.2) is 9.18 Å². The first kappa shape index (κ1) is 6.94. The van der Waals surface area contributed by atoms with Crippen molar-refractivity contribution in [3.05, 3.63) is 5.57 Å². The molecule has 0 aromatic carbocycles. The average Bonchev–Trinajstić information content (AvgIpc) is 2.30. The largest absolute Gasteiger partial charge is 0.294 e. The van der Waals surface area contributed by atoms with Gasteiger partial charge in [0.15, 0.2) is 0 Å². The van der Waals surface area contributed by atoms with Gasteiger partial charge in [0, 0.05) is 6.54 Å². The molecule has 0 spiro atoms. The standard InChI is InChI=1S/C6H5FN2O/c7-5-2-9-6(1-8)4(5)3-10/h5-6,9H,2H2. The molecule has 1 heterocycles. The molecule has 1 aliphatic heterocycles. The van der Waals surface area contributed by atoms with Crippen molar-refractivity contribution >= 4 is 5.94 Å². The van der Waals surface area contributed by atoms with E-state index in [1.54, 1.807) is 6.07 Å². The van der Waals surface area contributed by atoms with E-state index in [9.17, 15) is 9.18 Å². The molecule has 0 aromatic heterocycles. The third-order valence-electron chi connectivity index (χ3n) is 1.40. The maximum Gasteiger partial charge on any atom is 0.147 e. The Labute approximate surface area is 57.1 Å². The molecule has 1 rings (SSSR count). The van der Waals surface area contributed by atoms with Gasteiger partial charge in [0.05, 0.1) is 11.6 Å². The van der Waals surface area contributed by atoms with Crippen LogP contribution in [0.3, 0.4) is 0 Å². The van der Waals surface area contributed by atoms with E-state index in [2.05, 4.69) is 5.32 Å². The predicted molar refractivity (Wildman–Crippen MR) is 31.5 cm³/mol. The highest BCUT2D eigenvalue weighted by atomic mass is 19.1. The zero-order valence-electron chi connectivity index (χ0n) is 5.10. The Hall–Kier alpha value is -1.17. The average molecular weight is 140 g/mol. The van der Waals surface area contributed by atoms with Crippen molar-refractivity contribution in [3.63, 3.8) is 0 Å². The summed E-state index contributed by atoms with van der Waals surface area (Å²) in [5.74, 6) is 1.42. The van der Waals surface area contributed by atoms with Crippen molar-refractivity contribution in [1.29, 1.82) is 5.26 Å². The molecule has 10 heavy (non-hydrogen) atoms. The van der Waals surface area contributed by atoms with Crippen molar-refractivity contribution in [2.45, 2.75) is 12.2 Å². The summed E-state index contributed by atoms with van der Waals surface area (Å²) in [6.45, 7) is 0.0444. The van der Waals surface area contributed by atoms with Gasteiger partial charge >= 0.3 is 0 Å². The topological polar surface area (TPSA) is 52.9 Å². The van der Waals surface area contributed by atoms with Crippen molar-refractivity contribution in [3.8, 4) is 6.07 Å². The van der Waals surface area contributed by atoms with Crippen LogP contribution in [0, 0.1) is 11.3 Å². The molecule has 3 nitrogen and oxygen atoms in total. The van der Waals surface area contributed by atoms with Crippen LogP contribution in [0.25, 0.3) is 0 Å². The van der Waals surface area contributed by atoms with E-state index < -0.39 is 12.2 Å². The highest BCUT2D eigenvalue weighted by Gasteiger charge is 2.30. The minimum atomic E-state index is -1.33. The van der Waals surface area contributed by atoms with Gasteiger partial charge in [0.25, 0.3) is 0 Å². The number of nitrogens with zero attached hydrogens (tertiary/aromatic N) is 1. The second-order valence-electron chi connectivity index (χ2n) is 2.00. The van der Waals surface area contributed by atoms with E-state index in [-0.39, 0.29) is 12.1 Å². The van der Waals surface area contributed by atoms with Crippen molar-refractivity contribution in [1.82, 2.24) is 5.32 Å². The molecule has 0 bridgehead atoms. The second-order valence-corrected chi connectivity index (χ2v) is 2.00. The smallest absolute Gasteiger partial charge is 0.147 e. The highest BCUT2D eigenvalue weighted by Crippen LogP contribution is 2.13. The summed E-state index contributed by atoms with van der Waals surface area (Å²) in [6, 6.07) is 0.974. The van der Waals surface area contributed by atoms with Crippen LogP contribution in [-0.4, -0.2) is 24.7 Å². The fraction of sp³-hybridized carbons (Fsp3) is 0.500. The number of alkyl halides is 1. The molecule has 1 aliphatic rings. The normalized spacial score (nSPS) is 31.4. The summed E-state index contributed by atoms with van der Waals surface area (Å²) in [7, 11) is 0. The van der Waals surface area contributed by atoms with Gasteiger partial charge in [-0.3, -0.25) is 5.32 Å². The number of nitrogens with one attached hydrogen (secondary N) is 1. The van der Waals surface area contributed by atoms with Crippen LogP contribution in [0.2, 0.25) is 0 Å². The van der Waals surface area contributed by atoms with Crippen LogP contribution in [-0.2, 0) is 4.79 Å².